The van der Waals surface area contributed by atoms with Gasteiger partial charge in [0.15, 0.2) is 0 Å². The quantitative estimate of drug-likeness (QED) is 0.121. The monoisotopic (exact) mass is 569 g/mol. The van der Waals surface area contributed by atoms with E-state index in [1.54, 1.807) is 0 Å². The molecule has 4 atom stereocenters. The molecule has 0 radical (unpaired) electrons. The van der Waals surface area contributed by atoms with E-state index in [0.29, 0.717) is 23.5 Å². The molecule has 0 amide bonds. The highest BCUT2D eigenvalue weighted by atomic mass is 32.2. The molecule has 40 heavy (non-hydrogen) atoms. The number of rotatable bonds is 10. The summed E-state index contributed by atoms with van der Waals surface area (Å²) < 4.78 is 13.9. The molecule has 0 aromatic heterocycles. The third-order valence-corrected chi connectivity index (χ3v) is 12.3. The number of esters is 2. The molecule has 6 nitrogen and oxygen atoms in total. The standard InChI is InChI=1S/C33H47NO5S/c1-4-32-14-5-6-28(32)27-9-7-23-22-24(8-10-25(23)26(27)13-15-32)39-30(36)12-11-29(35)38-21-20-33(40-34-37)18-16-31(2,3)17-19-33/h8,10,22,26-28H,4-7,9,11-21H2,1-3H3. The van der Waals surface area contributed by atoms with Gasteiger partial charge in [0.2, 0.25) is 0 Å². The van der Waals surface area contributed by atoms with E-state index < -0.39 is 11.9 Å². The van der Waals surface area contributed by atoms with Crippen molar-refractivity contribution < 1.29 is 19.1 Å². The van der Waals surface area contributed by atoms with Crippen molar-refractivity contribution in [2.24, 2.45) is 27.2 Å². The van der Waals surface area contributed by atoms with Crippen LogP contribution in [0.2, 0.25) is 0 Å². The van der Waals surface area contributed by atoms with Crippen LogP contribution in [0, 0.1) is 27.6 Å². The number of carbonyl (C=O) groups excluding carboxylic acids is 2. The zero-order chi connectivity index (χ0) is 28.4. The van der Waals surface area contributed by atoms with Crippen LogP contribution in [0.4, 0.5) is 0 Å². The van der Waals surface area contributed by atoms with E-state index in [0.717, 1.165) is 55.9 Å². The van der Waals surface area contributed by atoms with E-state index >= 15 is 0 Å². The summed E-state index contributed by atoms with van der Waals surface area (Å²) in [4.78, 5) is 35.9. The minimum Gasteiger partial charge on any atom is -0.466 e. The molecule has 0 spiro atoms. The van der Waals surface area contributed by atoms with Crippen molar-refractivity contribution in [3.8, 4) is 5.75 Å². The normalized spacial score (nSPS) is 29.9. The SMILES string of the molecule is CCC12CCCC1C1CCc3cc(OC(=O)CCC(=O)OCCC4(SN=O)CCC(C)(C)CC4)ccc3C1CC2. The number of nitrogens with zero attached hydrogens (tertiary/aromatic N) is 1. The number of benzene rings is 1. The highest BCUT2D eigenvalue weighted by Crippen LogP contribution is 2.62. The average Bonchev–Trinajstić information content (AvgIpc) is 3.38. The molecule has 1 aromatic carbocycles. The lowest BCUT2D eigenvalue weighted by molar-refractivity contribution is -0.147. The summed E-state index contributed by atoms with van der Waals surface area (Å²) in [7, 11) is 0. The molecule has 220 valence electrons. The predicted molar refractivity (Wildman–Crippen MR) is 159 cm³/mol. The second kappa shape index (κ2) is 12.1. The summed E-state index contributed by atoms with van der Waals surface area (Å²) in [5.74, 6) is 2.09. The zero-order valence-electron chi connectivity index (χ0n) is 24.7. The molecule has 0 heterocycles. The van der Waals surface area contributed by atoms with E-state index in [4.69, 9.17) is 9.47 Å². The molecule has 1 aromatic rings. The van der Waals surface area contributed by atoms with Crippen molar-refractivity contribution in [3.05, 3.63) is 34.2 Å². The highest BCUT2D eigenvalue weighted by Gasteiger charge is 2.51. The molecule has 0 aliphatic heterocycles. The van der Waals surface area contributed by atoms with Gasteiger partial charge in [-0.05, 0) is 122 Å². The lowest BCUT2D eigenvalue weighted by Crippen LogP contribution is -2.40. The number of hydrogen-bond acceptors (Lipinski definition) is 7. The van der Waals surface area contributed by atoms with Gasteiger partial charge in [0, 0.05) is 21.3 Å². The van der Waals surface area contributed by atoms with Crippen LogP contribution in [0.1, 0.15) is 128 Å². The van der Waals surface area contributed by atoms with Gasteiger partial charge in [-0.3, -0.25) is 9.59 Å². The fraction of sp³-hybridized carbons (Fsp3) is 0.758. The van der Waals surface area contributed by atoms with E-state index in [1.165, 1.54) is 56.1 Å². The Balaban J connectivity index is 1.08. The Morgan fingerprint density at radius 3 is 2.52 bits per heavy atom. The molecule has 3 saturated carbocycles. The maximum atomic E-state index is 12.5. The first kappa shape index (κ1) is 29.6. The van der Waals surface area contributed by atoms with Crippen molar-refractivity contribution in [2.45, 2.75) is 128 Å². The van der Waals surface area contributed by atoms with Crippen LogP contribution in [-0.2, 0) is 20.7 Å². The van der Waals surface area contributed by atoms with Gasteiger partial charge < -0.3 is 9.47 Å². The number of carbonyl (C=O) groups is 2. The van der Waals surface area contributed by atoms with Gasteiger partial charge in [-0.2, -0.15) is 0 Å². The van der Waals surface area contributed by atoms with Crippen LogP contribution >= 0.6 is 11.9 Å². The second-order valence-corrected chi connectivity index (χ2v) is 15.1. The maximum Gasteiger partial charge on any atom is 0.311 e. The highest BCUT2D eigenvalue weighted by molar-refractivity contribution is 7.99. The predicted octanol–water partition coefficient (Wildman–Crippen LogP) is 8.70. The molecule has 3 fully saturated rings. The summed E-state index contributed by atoms with van der Waals surface area (Å²) in [6, 6.07) is 6.20. The van der Waals surface area contributed by atoms with Crippen LogP contribution < -0.4 is 4.74 Å². The van der Waals surface area contributed by atoms with Crippen LogP contribution in [0.3, 0.4) is 0 Å². The number of nitroso groups, excluding NO2 is 1. The Labute approximate surface area is 244 Å². The van der Waals surface area contributed by atoms with E-state index in [-0.39, 0.29) is 29.6 Å². The first-order valence-electron chi connectivity index (χ1n) is 15.7. The fourth-order valence-electron chi connectivity index (χ4n) is 8.69. The Kier molecular flexibility index (Phi) is 8.99. The Morgan fingerprint density at radius 1 is 1.00 bits per heavy atom. The van der Waals surface area contributed by atoms with Crippen molar-refractivity contribution in [2.75, 3.05) is 6.61 Å². The lowest BCUT2D eigenvalue weighted by atomic mass is 9.54. The van der Waals surface area contributed by atoms with Crippen molar-refractivity contribution in [3.63, 3.8) is 0 Å². The van der Waals surface area contributed by atoms with Gasteiger partial charge in [-0.25, -0.2) is 0 Å². The van der Waals surface area contributed by atoms with Crippen LogP contribution in [0.25, 0.3) is 0 Å². The fourth-order valence-corrected chi connectivity index (χ4v) is 9.41. The van der Waals surface area contributed by atoms with E-state index in [2.05, 4.69) is 37.5 Å². The van der Waals surface area contributed by atoms with Crippen molar-refractivity contribution in [1.82, 2.24) is 0 Å². The van der Waals surface area contributed by atoms with Gasteiger partial charge in [-0.15, -0.1) is 4.91 Å². The van der Waals surface area contributed by atoms with Gasteiger partial charge in [0.25, 0.3) is 0 Å². The summed E-state index contributed by atoms with van der Waals surface area (Å²) >= 11 is 1.10. The molecule has 4 unspecified atom stereocenters. The van der Waals surface area contributed by atoms with Crippen LogP contribution in [0.5, 0.6) is 5.75 Å². The molecule has 7 heteroatoms. The molecule has 4 aliphatic carbocycles. The Hall–Kier alpha value is -1.89. The summed E-state index contributed by atoms with van der Waals surface area (Å²) in [5, 5.41) is 0. The third-order valence-electron chi connectivity index (χ3n) is 11.3. The third kappa shape index (κ3) is 6.29. The summed E-state index contributed by atoms with van der Waals surface area (Å²) in [6.45, 7) is 7.13. The number of fused-ring (bicyclic) bond motifs is 5. The zero-order valence-corrected chi connectivity index (χ0v) is 25.5. The molecule has 0 N–H and O–H groups in total. The number of ether oxygens (including phenoxy) is 2. The van der Waals surface area contributed by atoms with Crippen LogP contribution in [0.15, 0.2) is 22.8 Å². The minimum atomic E-state index is -0.409. The van der Waals surface area contributed by atoms with Crippen molar-refractivity contribution >= 4 is 23.9 Å². The number of hydrogen-bond donors (Lipinski definition) is 0. The van der Waals surface area contributed by atoms with Gasteiger partial charge >= 0.3 is 11.9 Å². The van der Waals surface area contributed by atoms with Gasteiger partial charge in [-0.1, -0.05) is 39.7 Å². The largest absolute Gasteiger partial charge is 0.466 e. The van der Waals surface area contributed by atoms with Gasteiger partial charge in [0.05, 0.1) is 19.4 Å². The Morgan fingerprint density at radius 2 is 1.77 bits per heavy atom. The second-order valence-electron chi connectivity index (χ2n) is 13.9. The maximum absolute atomic E-state index is 12.5. The molecular weight excluding hydrogens is 522 g/mol. The molecule has 5 rings (SSSR count). The topological polar surface area (TPSA) is 82.0 Å². The molecule has 0 saturated heterocycles. The summed E-state index contributed by atoms with van der Waals surface area (Å²) in [5.41, 5.74) is 3.67. The van der Waals surface area contributed by atoms with E-state index in [9.17, 15) is 14.5 Å². The molecule has 0 bridgehead atoms. The molecule has 4 aliphatic rings. The van der Waals surface area contributed by atoms with Gasteiger partial charge in [0.1, 0.15) is 5.75 Å². The van der Waals surface area contributed by atoms with Crippen molar-refractivity contribution in [1.29, 1.82) is 0 Å². The average molecular weight is 570 g/mol. The summed E-state index contributed by atoms with van der Waals surface area (Å²) in [6.07, 6.45) is 14.9. The first-order chi connectivity index (χ1) is 19.2. The first-order valence-corrected chi connectivity index (χ1v) is 16.5. The minimum absolute atomic E-state index is 0.00675. The number of aryl methyl sites for hydroxylation is 1. The molecular formula is C33H47NO5S. The Bertz CT molecular complexity index is 1090. The smallest absolute Gasteiger partial charge is 0.311 e. The van der Waals surface area contributed by atoms with Crippen LogP contribution in [-0.4, -0.2) is 23.3 Å². The lowest BCUT2D eigenvalue weighted by Gasteiger charge is -2.50. The van der Waals surface area contributed by atoms with E-state index in [1.807, 2.05) is 6.07 Å².